The van der Waals surface area contributed by atoms with Crippen LogP contribution in [0.3, 0.4) is 0 Å². The zero-order chi connectivity index (χ0) is 22.9. The maximum absolute atomic E-state index is 13.2. The molecule has 2 aromatic heterocycles. The van der Waals surface area contributed by atoms with Gasteiger partial charge in [0, 0.05) is 0 Å². The number of thiazole rings is 1. The van der Waals surface area contributed by atoms with Gasteiger partial charge < -0.3 is 9.15 Å². The third kappa shape index (κ3) is 4.53. The third-order valence-electron chi connectivity index (χ3n) is 5.15. The van der Waals surface area contributed by atoms with E-state index in [1.807, 2.05) is 26.0 Å². The van der Waals surface area contributed by atoms with Gasteiger partial charge in [0.1, 0.15) is 17.3 Å². The Hall–Kier alpha value is -3.17. The lowest BCUT2D eigenvalue weighted by Gasteiger charge is -2.18. The second-order valence-electron chi connectivity index (χ2n) is 7.39. The second-order valence-corrected chi connectivity index (χ2v) is 10.4. The molecule has 0 atom stereocenters. The highest BCUT2D eigenvalue weighted by molar-refractivity contribution is 7.92. The van der Waals surface area contributed by atoms with Gasteiger partial charge in [-0.1, -0.05) is 11.3 Å². The van der Waals surface area contributed by atoms with Crippen molar-refractivity contribution in [2.24, 2.45) is 0 Å². The molecule has 0 fully saturated rings. The average molecular weight is 471 g/mol. The summed E-state index contributed by atoms with van der Waals surface area (Å²) >= 11 is 1.35. The Bertz CT molecular complexity index is 1320. The van der Waals surface area contributed by atoms with E-state index >= 15 is 0 Å². The lowest BCUT2D eigenvalue weighted by atomic mass is 10.1. The van der Waals surface area contributed by atoms with Gasteiger partial charge in [0.15, 0.2) is 15.0 Å². The number of amides is 1. The highest BCUT2D eigenvalue weighted by Crippen LogP contribution is 2.32. The Morgan fingerprint density at radius 1 is 1.12 bits per heavy atom. The molecule has 7 nitrogen and oxygen atoms in total. The smallest absolute Gasteiger partial charge is 0.244 e. The number of benzene rings is 2. The predicted molar refractivity (Wildman–Crippen MR) is 124 cm³/mol. The first-order valence-electron chi connectivity index (χ1n) is 9.84. The number of sulfone groups is 1. The summed E-state index contributed by atoms with van der Waals surface area (Å²) < 4.78 is 37.2. The van der Waals surface area contributed by atoms with Crippen molar-refractivity contribution < 1.29 is 22.4 Å². The zero-order valence-corrected chi connectivity index (χ0v) is 19.5. The van der Waals surface area contributed by atoms with Crippen LogP contribution in [0.1, 0.15) is 16.9 Å². The van der Waals surface area contributed by atoms with E-state index in [0.29, 0.717) is 16.6 Å². The molecule has 2 heterocycles. The summed E-state index contributed by atoms with van der Waals surface area (Å²) in [5.41, 5.74) is 2.99. The molecule has 0 N–H and O–H groups in total. The molecule has 4 aromatic rings. The Balaban J connectivity index is 1.67. The van der Waals surface area contributed by atoms with Crippen molar-refractivity contribution in [3.05, 3.63) is 71.7 Å². The number of hydrogen-bond donors (Lipinski definition) is 0. The summed E-state index contributed by atoms with van der Waals surface area (Å²) in [6.45, 7) is 4.10. The number of aromatic nitrogens is 1. The van der Waals surface area contributed by atoms with Crippen molar-refractivity contribution in [3.8, 4) is 5.75 Å². The summed E-state index contributed by atoms with van der Waals surface area (Å²) in [4.78, 5) is 19.3. The van der Waals surface area contributed by atoms with Gasteiger partial charge >= 0.3 is 0 Å². The highest BCUT2D eigenvalue weighted by atomic mass is 32.2. The molecule has 0 unspecified atom stereocenters. The van der Waals surface area contributed by atoms with Crippen LogP contribution in [0.15, 0.2) is 64.1 Å². The fourth-order valence-electron chi connectivity index (χ4n) is 3.21. The molecule has 0 aliphatic rings. The minimum atomic E-state index is -3.86. The van der Waals surface area contributed by atoms with Crippen molar-refractivity contribution in [1.82, 2.24) is 4.98 Å². The number of furan rings is 1. The fraction of sp³-hybridized carbons (Fsp3) is 0.217. The number of rotatable bonds is 7. The molecule has 4 rings (SSSR count). The Kier molecular flexibility index (Phi) is 6.03. The number of ether oxygens (including phenoxy) is 1. The van der Waals surface area contributed by atoms with E-state index < -0.39 is 21.5 Å². The van der Waals surface area contributed by atoms with Crippen molar-refractivity contribution >= 4 is 42.4 Å². The monoisotopic (exact) mass is 470 g/mol. The minimum absolute atomic E-state index is 0.0557. The molecule has 0 saturated carbocycles. The SMILES string of the molecule is COc1ccc(S(=O)(=O)CC(=O)N(Cc2ccco2)c2nc3cc(C)c(C)cc3s2)cc1. The van der Waals surface area contributed by atoms with Crippen LogP contribution in [0.4, 0.5) is 5.13 Å². The van der Waals surface area contributed by atoms with E-state index in [-0.39, 0.29) is 11.4 Å². The minimum Gasteiger partial charge on any atom is -0.497 e. The molecule has 166 valence electrons. The van der Waals surface area contributed by atoms with Crippen LogP contribution in [0.5, 0.6) is 5.75 Å². The topological polar surface area (TPSA) is 89.7 Å². The summed E-state index contributed by atoms with van der Waals surface area (Å²) in [5, 5.41) is 0.427. The molecule has 0 bridgehead atoms. The Morgan fingerprint density at radius 3 is 2.50 bits per heavy atom. The fourth-order valence-corrected chi connectivity index (χ4v) is 5.47. The van der Waals surface area contributed by atoms with Gasteiger partial charge in [0.2, 0.25) is 5.91 Å². The van der Waals surface area contributed by atoms with Crippen LogP contribution < -0.4 is 9.64 Å². The van der Waals surface area contributed by atoms with Gasteiger partial charge in [-0.25, -0.2) is 13.4 Å². The molecule has 0 radical (unpaired) electrons. The Labute approximate surface area is 190 Å². The largest absolute Gasteiger partial charge is 0.497 e. The third-order valence-corrected chi connectivity index (χ3v) is 7.81. The molecule has 0 aliphatic carbocycles. The van der Waals surface area contributed by atoms with E-state index in [0.717, 1.165) is 21.3 Å². The van der Waals surface area contributed by atoms with Gasteiger partial charge in [-0.2, -0.15) is 0 Å². The molecule has 0 spiro atoms. The molecule has 0 aliphatic heterocycles. The average Bonchev–Trinajstić information content (AvgIpc) is 3.41. The summed E-state index contributed by atoms with van der Waals surface area (Å²) in [6.07, 6.45) is 1.51. The Morgan fingerprint density at radius 2 is 1.84 bits per heavy atom. The van der Waals surface area contributed by atoms with Gasteiger partial charge in [-0.3, -0.25) is 9.69 Å². The standard InChI is InChI=1S/C23H22N2O5S2/c1-15-11-20-21(12-16(15)2)31-23(24-20)25(13-18-5-4-10-30-18)22(26)14-32(27,28)19-8-6-17(29-3)7-9-19/h4-12H,13-14H2,1-3H3. The molecule has 2 aromatic carbocycles. The van der Waals surface area contributed by atoms with Gasteiger partial charge in [0.05, 0.1) is 35.0 Å². The van der Waals surface area contributed by atoms with Gasteiger partial charge in [0.25, 0.3) is 0 Å². The van der Waals surface area contributed by atoms with Crippen LogP contribution in [0.2, 0.25) is 0 Å². The normalized spacial score (nSPS) is 11.6. The first kappa shape index (κ1) is 22.0. The van der Waals surface area contributed by atoms with E-state index in [1.165, 1.54) is 41.7 Å². The molecule has 1 amide bonds. The predicted octanol–water partition coefficient (Wildman–Crippen LogP) is 4.52. The first-order valence-corrected chi connectivity index (χ1v) is 12.3. The molecule has 32 heavy (non-hydrogen) atoms. The highest BCUT2D eigenvalue weighted by Gasteiger charge is 2.27. The number of nitrogens with zero attached hydrogens (tertiary/aromatic N) is 2. The van der Waals surface area contributed by atoms with Crippen LogP contribution in [0, 0.1) is 13.8 Å². The van der Waals surface area contributed by atoms with Crippen LogP contribution >= 0.6 is 11.3 Å². The quantitative estimate of drug-likeness (QED) is 0.394. The van der Waals surface area contributed by atoms with E-state index in [4.69, 9.17) is 9.15 Å². The number of methoxy groups -OCH3 is 1. The molecular weight excluding hydrogens is 448 g/mol. The molecule has 0 saturated heterocycles. The van der Waals surface area contributed by atoms with Crippen molar-refractivity contribution in [2.75, 3.05) is 17.8 Å². The van der Waals surface area contributed by atoms with Gasteiger partial charge in [-0.15, -0.1) is 0 Å². The van der Waals surface area contributed by atoms with Crippen molar-refractivity contribution in [1.29, 1.82) is 0 Å². The number of fused-ring (bicyclic) bond motifs is 1. The van der Waals surface area contributed by atoms with Gasteiger partial charge in [-0.05, 0) is 73.5 Å². The number of aryl methyl sites for hydroxylation is 2. The number of carbonyl (C=O) groups is 1. The summed E-state index contributed by atoms with van der Waals surface area (Å²) in [7, 11) is -2.36. The zero-order valence-electron chi connectivity index (χ0n) is 17.9. The first-order chi connectivity index (χ1) is 15.3. The van der Waals surface area contributed by atoms with Crippen LogP contribution in [-0.2, 0) is 21.2 Å². The molecule has 9 heteroatoms. The van der Waals surface area contributed by atoms with E-state index in [9.17, 15) is 13.2 Å². The van der Waals surface area contributed by atoms with E-state index in [1.54, 1.807) is 24.3 Å². The number of hydrogen-bond acceptors (Lipinski definition) is 7. The summed E-state index contributed by atoms with van der Waals surface area (Å²) in [6, 6.07) is 13.4. The van der Waals surface area contributed by atoms with E-state index in [2.05, 4.69) is 4.98 Å². The maximum Gasteiger partial charge on any atom is 0.244 e. The number of anilines is 1. The summed E-state index contributed by atoms with van der Waals surface area (Å²) in [5.74, 6) is -0.195. The number of carbonyl (C=O) groups excluding carboxylic acids is 1. The van der Waals surface area contributed by atoms with Crippen molar-refractivity contribution in [3.63, 3.8) is 0 Å². The lowest BCUT2D eigenvalue weighted by molar-refractivity contribution is -0.116. The molecular formula is C23H22N2O5S2. The lowest BCUT2D eigenvalue weighted by Crippen LogP contribution is -2.35. The van der Waals surface area contributed by atoms with Crippen LogP contribution in [-0.4, -0.2) is 32.2 Å². The van der Waals surface area contributed by atoms with Crippen LogP contribution in [0.25, 0.3) is 10.2 Å². The second kappa shape index (κ2) is 8.76. The van der Waals surface area contributed by atoms with Crippen molar-refractivity contribution in [2.45, 2.75) is 25.3 Å². The maximum atomic E-state index is 13.2.